The van der Waals surface area contributed by atoms with E-state index < -0.39 is 10.2 Å². The fraction of sp³-hybridized carbons (Fsp3) is 0.562. The molecule has 1 aliphatic carbocycles. The molecule has 25 heavy (non-hydrogen) atoms. The van der Waals surface area contributed by atoms with Crippen molar-refractivity contribution in [3.63, 3.8) is 0 Å². The molecule has 0 aromatic heterocycles. The Morgan fingerprint density at radius 2 is 0.680 bits per heavy atom. The normalized spacial score (nSPS) is 16.1. The summed E-state index contributed by atoms with van der Waals surface area (Å²) in [7, 11) is -0.416. The summed E-state index contributed by atoms with van der Waals surface area (Å²) in [4.78, 5) is 0. The minimum atomic E-state index is -4.94. The van der Waals surface area contributed by atoms with E-state index in [1.54, 1.807) is 27.7 Å². The van der Waals surface area contributed by atoms with Crippen LogP contribution in [0.5, 0.6) is 0 Å². The zero-order valence-corrected chi connectivity index (χ0v) is 19.4. The van der Waals surface area contributed by atoms with E-state index in [0.29, 0.717) is 11.4 Å². The summed E-state index contributed by atoms with van der Waals surface area (Å²) in [5.41, 5.74) is 1.33. The predicted molar refractivity (Wildman–Crippen MR) is 88.6 cm³/mol. The molecule has 0 aliphatic heterocycles. The van der Waals surface area contributed by atoms with Gasteiger partial charge in [-0.3, -0.25) is 0 Å². The van der Waals surface area contributed by atoms with Gasteiger partial charge in [-0.1, -0.05) is 34.6 Å². The molecule has 0 atom stereocenters. The molecule has 0 bridgehead atoms. The molecule has 9 heteroatoms. The van der Waals surface area contributed by atoms with Crippen LogP contribution in [0.25, 0.3) is 0 Å². The largest absolute Gasteiger partial charge is 0.222 e. The van der Waals surface area contributed by atoms with Crippen molar-refractivity contribution in [2.45, 2.75) is 62.3 Å². The van der Waals surface area contributed by atoms with Crippen molar-refractivity contribution < 1.29 is 46.2 Å². The number of halogens is 2. The smallest absolute Gasteiger partial charge is 0.112 e. The molecule has 6 nitrogen and oxygen atoms in total. The molecule has 1 rings (SSSR count). The zero-order chi connectivity index (χ0) is 21.5. The van der Waals surface area contributed by atoms with Crippen molar-refractivity contribution in [3.8, 4) is 0 Å². The molecular formula is C16H29Cl2N2O4Rh+. The summed E-state index contributed by atoms with van der Waals surface area (Å²) in [6.45, 7) is 18.0. The van der Waals surface area contributed by atoms with E-state index in [1.165, 1.54) is 29.6 Å². The summed E-state index contributed by atoms with van der Waals surface area (Å²) < 4.78 is 34.0. The van der Waals surface area contributed by atoms with Crippen molar-refractivity contribution in [2.75, 3.05) is 0 Å². The van der Waals surface area contributed by atoms with Gasteiger partial charge in [-0.25, -0.2) is 18.6 Å². The van der Waals surface area contributed by atoms with Gasteiger partial charge in [0.1, 0.15) is 0 Å². The van der Waals surface area contributed by atoms with Crippen LogP contribution in [-0.2, 0) is 17.3 Å². The van der Waals surface area contributed by atoms with Gasteiger partial charge in [-0.2, -0.15) is 0 Å². The monoisotopic (exact) mass is 486 g/mol. The molecule has 1 fully saturated rings. The van der Waals surface area contributed by atoms with Gasteiger partial charge in [-0.05, 0) is 57.3 Å². The Kier molecular flexibility index (Phi) is 23.5. The van der Waals surface area contributed by atoms with Gasteiger partial charge in [0.15, 0.2) is 0 Å². The van der Waals surface area contributed by atoms with Gasteiger partial charge >= 0.3 is 27.0 Å². The van der Waals surface area contributed by atoms with E-state index in [-0.39, 0.29) is 0 Å². The van der Waals surface area contributed by atoms with Crippen LogP contribution >= 0.6 is 9.69 Å². The van der Waals surface area contributed by atoms with E-state index in [9.17, 15) is 0 Å². The van der Waals surface area contributed by atoms with E-state index in [4.69, 9.17) is 29.5 Å². The third-order valence-corrected chi connectivity index (χ3v) is 2.81. The van der Waals surface area contributed by atoms with Crippen LogP contribution in [0, 0.1) is 50.7 Å². The van der Waals surface area contributed by atoms with Crippen LogP contribution in [0.1, 0.15) is 62.3 Å². The van der Waals surface area contributed by atoms with E-state index in [1.807, 2.05) is 17.3 Å². The molecule has 2 N–H and O–H groups in total. The van der Waals surface area contributed by atoms with Gasteiger partial charge in [0.25, 0.3) is 0 Å². The molecular weight excluding hydrogens is 458 g/mol. The van der Waals surface area contributed by atoms with Crippen LogP contribution in [-0.4, -0.2) is 11.4 Å². The molecule has 0 spiro atoms. The maximum atomic E-state index is 8.49. The molecule has 149 valence electrons. The third kappa shape index (κ3) is 29.4. The maximum Gasteiger partial charge on any atom is -0.112 e. The molecule has 5 radical (unpaired) electrons. The van der Waals surface area contributed by atoms with E-state index in [2.05, 4.69) is 44.3 Å². The molecule has 0 aromatic rings. The number of hydrogen-bond acceptors (Lipinski definition) is 6. The van der Waals surface area contributed by atoms with Gasteiger partial charge < -0.3 is 10.8 Å². The second-order valence-electron chi connectivity index (χ2n) is 5.50. The molecule has 0 amide bonds. The van der Waals surface area contributed by atoms with Crippen molar-refractivity contribution in [1.82, 2.24) is 0 Å². The number of nitrogens with one attached hydrogen (secondary N) is 2. The maximum absolute atomic E-state index is 8.49. The Hall–Kier alpha value is 0.383. The van der Waals surface area contributed by atoms with Gasteiger partial charge in [0.2, 0.25) is 0 Å². The van der Waals surface area contributed by atoms with Crippen molar-refractivity contribution in [1.29, 1.82) is 10.8 Å². The first kappa shape index (κ1) is 33.0. The van der Waals surface area contributed by atoms with Crippen molar-refractivity contribution >= 4 is 21.1 Å². The van der Waals surface area contributed by atoms with Gasteiger partial charge in [-0.15, -0.1) is 10.2 Å². The van der Waals surface area contributed by atoms with Crippen molar-refractivity contribution in [2.24, 2.45) is 0 Å². The number of hydrogen-bond donors (Lipinski definition) is 2. The molecule has 0 unspecified atom stereocenters. The molecule has 0 heterocycles. The topological polar surface area (TPSA) is 140 Å². The van der Waals surface area contributed by atoms with Crippen LogP contribution in [0.15, 0.2) is 0 Å². The average Bonchev–Trinajstić information content (AvgIpc) is 2.56. The number of rotatable bonds is 0. The fourth-order valence-corrected chi connectivity index (χ4v) is 1.41. The van der Waals surface area contributed by atoms with Crippen LogP contribution in [0.2, 0.25) is 0 Å². The van der Waals surface area contributed by atoms with E-state index >= 15 is 0 Å². The van der Waals surface area contributed by atoms with Crippen LogP contribution < -0.4 is 18.6 Å². The summed E-state index contributed by atoms with van der Waals surface area (Å²) in [5, 5.41) is 13.0. The Balaban J connectivity index is -0.000000126. The Labute approximate surface area is 169 Å². The van der Waals surface area contributed by atoms with E-state index in [0.717, 1.165) is 0 Å². The zero-order valence-electron chi connectivity index (χ0n) is 16.2. The molecule has 0 saturated heterocycles. The molecule has 1 saturated carbocycles. The molecule has 1 aliphatic rings. The fourth-order valence-electron chi connectivity index (χ4n) is 1.41. The second kappa shape index (κ2) is 17.8. The third-order valence-electron chi connectivity index (χ3n) is 2.81. The molecule has 0 aromatic carbocycles. The first-order valence-corrected chi connectivity index (χ1v) is 10.3. The Morgan fingerprint density at radius 3 is 0.720 bits per heavy atom. The second-order valence-corrected chi connectivity index (χ2v) is 6.26. The van der Waals surface area contributed by atoms with Crippen LogP contribution in [0.3, 0.4) is 0 Å². The van der Waals surface area contributed by atoms with Gasteiger partial charge in [0.05, 0.1) is 0 Å². The minimum absolute atomic E-state index is 0.667. The average molecular weight is 487 g/mol. The standard InChI is InChI=1S/C10H15.2C3H7N.ClHO4.ClH.Rh/c1-6-7(2)9(4)10(5)8(6)3;2*1-3(2)4;2-1(3,4)5;;/h1-5H3;2*4H,1-2H3;(H,2,3,4,5);1H;/q;;;;;+3/p-2. The summed E-state index contributed by atoms with van der Waals surface area (Å²) in [6.07, 6.45) is 0. The van der Waals surface area contributed by atoms with Gasteiger partial charge in [0, 0.05) is 11.4 Å². The van der Waals surface area contributed by atoms with Crippen molar-refractivity contribution in [3.05, 3.63) is 29.6 Å². The SMILES string of the molecule is CC(C)=N.CC(C)=N.C[C]1[C](C)[C](C)[C](C)[C]1C.[Cl][Rh+2].[O-][Cl+3]([O-])([O-])[O-]. The Morgan fingerprint density at radius 1 is 0.640 bits per heavy atom. The first-order chi connectivity index (χ1) is 11.0. The first-order valence-electron chi connectivity index (χ1n) is 6.99. The van der Waals surface area contributed by atoms with Crippen LogP contribution in [0.4, 0.5) is 0 Å². The summed E-state index contributed by atoms with van der Waals surface area (Å²) in [5.74, 6) is 7.34. The minimum Gasteiger partial charge on any atom is -0.222 e. The Bertz CT molecular complexity index is 285. The quantitative estimate of drug-likeness (QED) is 0.389. The summed E-state index contributed by atoms with van der Waals surface area (Å²) in [6, 6.07) is 0. The predicted octanol–water partition coefficient (Wildman–Crippen LogP) is 0.995. The summed E-state index contributed by atoms with van der Waals surface area (Å²) >= 11 is 2.02.